The van der Waals surface area contributed by atoms with Gasteiger partial charge in [-0.05, 0) is 55.1 Å². The fourth-order valence-electron chi connectivity index (χ4n) is 1.73. The van der Waals surface area contributed by atoms with Crippen molar-refractivity contribution in [1.82, 2.24) is 9.55 Å². The molecule has 0 bridgehead atoms. The molecule has 0 aromatic carbocycles. The van der Waals surface area contributed by atoms with E-state index in [-0.39, 0.29) is 10.2 Å². The van der Waals surface area contributed by atoms with Crippen LogP contribution in [-0.4, -0.2) is 27.9 Å². The summed E-state index contributed by atoms with van der Waals surface area (Å²) in [5, 5.41) is 0. The van der Waals surface area contributed by atoms with Crippen LogP contribution in [0, 0.1) is 6.85 Å². The molecule has 2 heterocycles. The second-order valence-corrected chi connectivity index (χ2v) is 5.66. The number of imidazole rings is 1. The van der Waals surface area contributed by atoms with Crippen LogP contribution in [-0.2, 0) is 14.8 Å². The second-order valence-electron chi connectivity index (χ2n) is 5.66. The van der Waals surface area contributed by atoms with Crippen LogP contribution in [0.1, 0.15) is 70.5 Å². The van der Waals surface area contributed by atoms with Crippen LogP contribution in [0.15, 0.2) is 6.20 Å². The van der Waals surface area contributed by atoms with Crippen molar-refractivity contribution in [3.05, 3.63) is 12.0 Å². The van der Waals surface area contributed by atoms with Crippen molar-refractivity contribution >= 4 is 12.7 Å². The fraction of sp³-hybridized carbons (Fsp3) is 0.786. The Bertz CT molecular complexity index is 782. The number of nitrogens with zero attached hydrogens (tertiary/aromatic N) is 2. The van der Waals surface area contributed by atoms with Crippen molar-refractivity contribution in [2.75, 3.05) is 0 Å². The monoisotopic (exact) mass is 276 g/mol. The topological polar surface area (TPSA) is 36.3 Å². The zero-order chi connectivity index (χ0) is 24.6. The van der Waals surface area contributed by atoms with E-state index in [0.717, 1.165) is 6.20 Å². The standard InChI is InChI=1S/C14H25BN2O2/c1-10-16-11(9-17(10)12(2,3)4)15-18-13(5,6)14(7,8)19-15/h9H,1-8H3/i1D3,2D3,3D3,4D3. The molecule has 0 amide bonds. The summed E-state index contributed by atoms with van der Waals surface area (Å²) in [6.45, 7) is -7.24. The third-order valence-electron chi connectivity index (χ3n) is 3.58. The first-order chi connectivity index (χ1) is 13.4. The van der Waals surface area contributed by atoms with Crippen LogP contribution in [0.25, 0.3) is 0 Å². The van der Waals surface area contributed by atoms with Crippen molar-refractivity contribution in [3.63, 3.8) is 0 Å². The molecule has 0 radical (unpaired) electrons. The molecule has 1 aliphatic heterocycles. The molecule has 1 aliphatic rings. The Kier molecular flexibility index (Phi) is 1.19. The molecular formula is C14H25BN2O2. The molecule has 1 aromatic heterocycles. The highest BCUT2D eigenvalue weighted by atomic mass is 16.7. The summed E-state index contributed by atoms with van der Waals surface area (Å²) >= 11 is 0. The normalized spacial score (nSPS) is 34.0. The van der Waals surface area contributed by atoms with Gasteiger partial charge < -0.3 is 13.9 Å². The predicted octanol–water partition coefficient (Wildman–Crippen LogP) is 2.25. The summed E-state index contributed by atoms with van der Waals surface area (Å²) in [5.74, 6) is -0.999. The molecule has 0 aliphatic carbocycles. The minimum absolute atomic E-state index is 0.243. The van der Waals surface area contributed by atoms with Crippen LogP contribution in [0.3, 0.4) is 0 Å². The number of rotatable bonds is 1. The van der Waals surface area contributed by atoms with Crippen molar-refractivity contribution in [1.29, 1.82) is 0 Å². The van der Waals surface area contributed by atoms with Crippen LogP contribution < -0.4 is 5.59 Å². The maximum Gasteiger partial charge on any atom is 0.516 e. The highest BCUT2D eigenvalue weighted by molar-refractivity contribution is 6.61. The summed E-state index contributed by atoms with van der Waals surface area (Å²) in [6, 6.07) is 0. The second kappa shape index (κ2) is 4.09. The first kappa shape index (κ1) is 5.53. The van der Waals surface area contributed by atoms with Gasteiger partial charge >= 0.3 is 7.12 Å². The van der Waals surface area contributed by atoms with Gasteiger partial charge in [-0.2, -0.15) is 0 Å². The Hall–Kier alpha value is -0.805. The first-order valence-corrected chi connectivity index (χ1v) is 5.86. The molecule has 1 fully saturated rings. The van der Waals surface area contributed by atoms with Gasteiger partial charge in [0, 0.05) is 28.2 Å². The van der Waals surface area contributed by atoms with Crippen molar-refractivity contribution in [2.24, 2.45) is 0 Å². The van der Waals surface area contributed by atoms with Gasteiger partial charge in [0.2, 0.25) is 0 Å². The third kappa shape index (κ3) is 2.46. The zero-order valence-corrected chi connectivity index (χ0v) is 11.4. The first-order valence-electron chi connectivity index (χ1n) is 11.9. The van der Waals surface area contributed by atoms with Crippen LogP contribution >= 0.6 is 0 Å². The summed E-state index contributed by atoms with van der Waals surface area (Å²) < 4.78 is 106. The van der Waals surface area contributed by atoms with Gasteiger partial charge in [-0.15, -0.1) is 0 Å². The average molecular weight is 276 g/mol. The molecular weight excluding hydrogens is 239 g/mol. The molecule has 4 nitrogen and oxygen atoms in total. The minimum atomic E-state index is -3.66. The highest BCUT2D eigenvalue weighted by Crippen LogP contribution is 2.36. The van der Waals surface area contributed by atoms with Crippen LogP contribution in [0.2, 0.25) is 0 Å². The van der Waals surface area contributed by atoms with E-state index in [2.05, 4.69) is 4.98 Å². The minimum Gasteiger partial charge on any atom is -0.398 e. The molecule has 1 saturated heterocycles. The highest BCUT2D eigenvalue weighted by Gasteiger charge is 2.52. The number of hydrogen-bond donors (Lipinski definition) is 0. The van der Waals surface area contributed by atoms with Gasteiger partial charge in [-0.25, -0.2) is 4.98 Å². The van der Waals surface area contributed by atoms with E-state index in [0.29, 0.717) is 0 Å². The van der Waals surface area contributed by atoms with Crippen LogP contribution in [0.4, 0.5) is 0 Å². The molecule has 0 unspecified atom stereocenters. The van der Waals surface area contributed by atoms with E-state index < -0.39 is 57.1 Å². The van der Waals surface area contributed by atoms with Gasteiger partial charge in [0.15, 0.2) is 0 Å². The van der Waals surface area contributed by atoms with Gasteiger partial charge in [0.1, 0.15) is 5.82 Å². The largest absolute Gasteiger partial charge is 0.516 e. The van der Waals surface area contributed by atoms with Gasteiger partial charge in [0.05, 0.1) is 16.8 Å². The van der Waals surface area contributed by atoms with E-state index in [1.54, 1.807) is 27.7 Å². The molecule has 5 heteroatoms. The van der Waals surface area contributed by atoms with Crippen LogP contribution in [0.5, 0.6) is 0 Å². The molecule has 19 heavy (non-hydrogen) atoms. The van der Waals surface area contributed by atoms with E-state index in [1.165, 1.54) is 0 Å². The van der Waals surface area contributed by atoms with Gasteiger partial charge in [-0.3, -0.25) is 0 Å². The van der Waals surface area contributed by atoms with Crippen molar-refractivity contribution < 1.29 is 25.8 Å². The fourth-order valence-corrected chi connectivity index (χ4v) is 1.73. The number of aryl methyl sites for hydroxylation is 1. The summed E-state index contributed by atoms with van der Waals surface area (Å²) in [4.78, 5) is 3.90. The maximum atomic E-state index is 7.85. The molecule has 2 rings (SSSR count). The molecule has 0 N–H and O–H groups in total. The molecule has 106 valence electrons. The van der Waals surface area contributed by atoms with E-state index in [4.69, 9.17) is 25.8 Å². The lowest BCUT2D eigenvalue weighted by Crippen LogP contribution is -2.41. The molecule has 0 spiro atoms. The quantitative estimate of drug-likeness (QED) is 0.738. The predicted molar refractivity (Wildman–Crippen MR) is 77.7 cm³/mol. The SMILES string of the molecule is [2H]C([2H])([2H])c1nc(B2OC(C)(C)C(C)(C)O2)cn1C(C([2H])([2H])[2H])(C([2H])([2H])[2H])C([2H])([2H])[2H]. The van der Waals surface area contributed by atoms with Crippen molar-refractivity contribution in [2.45, 2.75) is 71.8 Å². The Morgan fingerprint density at radius 3 is 2.26 bits per heavy atom. The molecule has 0 saturated carbocycles. The van der Waals surface area contributed by atoms with Gasteiger partial charge in [0.25, 0.3) is 0 Å². The van der Waals surface area contributed by atoms with Gasteiger partial charge in [-0.1, -0.05) is 0 Å². The summed E-state index contributed by atoms with van der Waals surface area (Å²) in [5.41, 5.74) is -5.55. The maximum absolute atomic E-state index is 7.85. The Labute approximate surface area is 133 Å². The lowest BCUT2D eigenvalue weighted by atomic mass is 9.85. The lowest BCUT2D eigenvalue weighted by Gasteiger charge is -2.32. The lowest BCUT2D eigenvalue weighted by molar-refractivity contribution is 0.00578. The van der Waals surface area contributed by atoms with E-state index in [9.17, 15) is 0 Å². The Morgan fingerprint density at radius 1 is 1.21 bits per heavy atom. The molecule has 1 aromatic rings. The summed E-state index contributed by atoms with van der Waals surface area (Å²) in [6.07, 6.45) is 0.787. The zero-order valence-electron chi connectivity index (χ0n) is 23.4. The number of aromatic nitrogens is 2. The van der Waals surface area contributed by atoms with E-state index >= 15 is 0 Å². The van der Waals surface area contributed by atoms with Crippen molar-refractivity contribution in [3.8, 4) is 0 Å². The Balaban J connectivity index is 2.89. The Morgan fingerprint density at radius 2 is 1.79 bits per heavy atom. The number of hydrogen-bond acceptors (Lipinski definition) is 3. The molecule has 0 atom stereocenters. The van der Waals surface area contributed by atoms with E-state index in [1.807, 2.05) is 0 Å². The average Bonchev–Trinajstić information content (AvgIpc) is 2.94. The summed E-state index contributed by atoms with van der Waals surface area (Å²) in [7, 11) is -1.27. The third-order valence-corrected chi connectivity index (χ3v) is 3.58. The smallest absolute Gasteiger partial charge is 0.398 e.